The number of hydrogen-bond acceptors (Lipinski definition) is 5. The first-order chi connectivity index (χ1) is 20.7. The van der Waals surface area contributed by atoms with Gasteiger partial charge in [0, 0.05) is 32.5 Å². The van der Waals surface area contributed by atoms with Crippen LogP contribution in [0.2, 0.25) is 0 Å². The predicted molar refractivity (Wildman–Crippen MR) is 173 cm³/mol. The third-order valence-electron chi connectivity index (χ3n) is 7.37. The summed E-state index contributed by atoms with van der Waals surface area (Å²) in [5.74, 6) is 0.237. The quantitative estimate of drug-likeness (QED) is 0.209. The smallest absolute Gasteiger partial charge is 0.243 e. The second-order valence-corrected chi connectivity index (χ2v) is 12.6. The molecule has 232 valence electrons. The minimum Gasteiger partial charge on any atom is -0.497 e. The average Bonchev–Trinajstić information content (AvgIpc) is 3.01. The molecule has 0 spiro atoms. The van der Waals surface area contributed by atoms with Gasteiger partial charge < -0.3 is 15.0 Å². The minimum absolute atomic E-state index is 0.0799. The maximum Gasteiger partial charge on any atom is 0.243 e. The number of nitrogens with zero attached hydrogens (tertiary/aromatic N) is 2. The number of hydrogen-bond donors (Lipinski definition) is 1. The van der Waals surface area contributed by atoms with Crippen LogP contribution in [0.3, 0.4) is 0 Å². The summed E-state index contributed by atoms with van der Waals surface area (Å²) < 4.78 is 32.1. The highest BCUT2D eigenvalue weighted by molar-refractivity contribution is 7.92. The Morgan fingerprint density at radius 3 is 2.21 bits per heavy atom. The molecule has 0 aliphatic heterocycles. The van der Waals surface area contributed by atoms with Crippen molar-refractivity contribution in [3.63, 3.8) is 0 Å². The van der Waals surface area contributed by atoms with E-state index in [4.69, 9.17) is 4.74 Å². The van der Waals surface area contributed by atoms with Crippen LogP contribution in [0.5, 0.6) is 5.75 Å². The van der Waals surface area contributed by atoms with Crippen molar-refractivity contribution < 1.29 is 22.7 Å². The van der Waals surface area contributed by atoms with Crippen LogP contribution in [0.15, 0.2) is 78.9 Å². The van der Waals surface area contributed by atoms with Crippen LogP contribution < -0.4 is 14.4 Å². The topological polar surface area (TPSA) is 96.0 Å². The molecule has 0 radical (unpaired) electrons. The highest BCUT2D eigenvalue weighted by Crippen LogP contribution is 2.22. The predicted octanol–water partition coefficient (Wildman–Crippen LogP) is 5.36. The highest BCUT2D eigenvalue weighted by atomic mass is 32.2. The van der Waals surface area contributed by atoms with Gasteiger partial charge in [0.05, 0.1) is 19.1 Å². The second-order valence-electron chi connectivity index (χ2n) is 10.7. The molecule has 0 saturated heterocycles. The molecule has 3 aromatic rings. The van der Waals surface area contributed by atoms with E-state index in [-0.39, 0.29) is 31.3 Å². The molecule has 1 atom stereocenters. The van der Waals surface area contributed by atoms with Crippen molar-refractivity contribution >= 4 is 27.5 Å². The number of benzene rings is 3. The number of ether oxygens (including phenoxy) is 1. The fraction of sp³-hybridized carbons (Fsp3) is 0.412. The molecule has 1 unspecified atom stereocenters. The number of anilines is 1. The third-order valence-corrected chi connectivity index (χ3v) is 8.57. The Morgan fingerprint density at radius 1 is 0.884 bits per heavy atom. The Balaban J connectivity index is 1.88. The summed E-state index contributed by atoms with van der Waals surface area (Å²) in [5.41, 5.74) is 3.46. The first kappa shape index (κ1) is 33.6. The molecule has 0 saturated carbocycles. The molecule has 0 bridgehead atoms. The second kappa shape index (κ2) is 16.7. The Kier molecular flexibility index (Phi) is 13.1. The standard InChI is InChI=1S/C34H45N3O5S/c1-5-7-22-35-34(39)32(25-28-13-9-8-10-14-28)36(26-29-15-11-16-31(24-29)42-3)33(38)17-12-23-37(43(4,40)41)30-20-18-27(6-2)19-21-30/h8-11,13-16,18-21,24,32H,5-7,12,17,22-23,25-26H2,1-4H3,(H,35,39). The zero-order valence-corrected chi connectivity index (χ0v) is 26.6. The molecule has 0 aromatic heterocycles. The van der Waals surface area contributed by atoms with Crippen molar-refractivity contribution in [3.8, 4) is 5.75 Å². The molecule has 0 fully saturated rings. The fourth-order valence-corrected chi connectivity index (χ4v) is 5.89. The van der Waals surface area contributed by atoms with Crippen molar-refractivity contribution in [2.75, 3.05) is 30.8 Å². The van der Waals surface area contributed by atoms with E-state index >= 15 is 0 Å². The van der Waals surface area contributed by atoms with Gasteiger partial charge in [0.25, 0.3) is 0 Å². The Bertz CT molecular complexity index is 1410. The molecule has 0 aliphatic rings. The number of methoxy groups -OCH3 is 1. The number of carbonyl (C=O) groups is 2. The van der Waals surface area contributed by atoms with Crippen LogP contribution in [0.25, 0.3) is 0 Å². The van der Waals surface area contributed by atoms with Gasteiger partial charge in [0.15, 0.2) is 0 Å². The molecular weight excluding hydrogens is 562 g/mol. The number of aryl methyl sites for hydroxylation is 1. The molecule has 9 heteroatoms. The lowest BCUT2D eigenvalue weighted by Crippen LogP contribution is -2.50. The van der Waals surface area contributed by atoms with Gasteiger partial charge in [-0.25, -0.2) is 8.42 Å². The molecule has 43 heavy (non-hydrogen) atoms. The Morgan fingerprint density at radius 2 is 1.58 bits per heavy atom. The van der Waals surface area contributed by atoms with Gasteiger partial charge >= 0.3 is 0 Å². The molecule has 1 N–H and O–H groups in total. The normalized spacial score (nSPS) is 11.9. The summed E-state index contributed by atoms with van der Waals surface area (Å²) in [6.07, 6.45) is 4.54. The number of amides is 2. The number of rotatable bonds is 17. The Hall–Kier alpha value is -3.85. The van der Waals surface area contributed by atoms with Crippen molar-refractivity contribution in [2.24, 2.45) is 0 Å². The largest absolute Gasteiger partial charge is 0.497 e. The van der Waals surface area contributed by atoms with Crippen molar-refractivity contribution in [1.82, 2.24) is 10.2 Å². The summed E-state index contributed by atoms with van der Waals surface area (Å²) in [4.78, 5) is 29.2. The molecule has 2 amide bonds. The van der Waals surface area contributed by atoms with Gasteiger partial charge in [-0.2, -0.15) is 0 Å². The van der Waals surface area contributed by atoms with Crippen LogP contribution in [0, 0.1) is 0 Å². The van der Waals surface area contributed by atoms with E-state index in [9.17, 15) is 18.0 Å². The number of unbranched alkanes of at least 4 members (excludes halogenated alkanes) is 1. The van der Waals surface area contributed by atoms with Crippen molar-refractivity contribution in [2.45, 2.75) is 65.0 Å². The third kappa shape index (κ3) is 10.4. The van der Waals surface area contributed by atoms with Crippen LogP contribution in [-0.4, -0.2) is 57.6 Å². The van der Waals surface area contributed by atoms with E-state index in [1.807, 2.05) is 73.7 Å². The lowest BCUT2D eigenvalue weighted by atomic mass is 10.0. The van der Waals surface area contributed by atoms with E-state index in [2.05, 4.69) is 12.2 Å². The maximum atomic E-state index is 14.0. The average molecular weight is 608 g/mol. The lowest BCUT2D eigenvalue weighted by molar-refractivity contribution is -0.141. The molecule has 3 rings (SSSR count). The first-order valence-corrected chi connectivity index (χ1v) is 16.8. The first-order valence-electron chi connectivity index (χ1n) is 15.0. The number of sulfonamides is 1. The van der Waals surface area contributed by atoms with Crippen LogP contribution in [-0.2, 0) is 39.0 Å². The zero-order valence-electron chi connectivity index (χ0n) is 25.8. The van der Waals surface area contributed by atoms with Gasteiger partial charge in [0.1, 0.15) is 11.8 Å². The van der Waals surface area contributed by atoms with E-state index in [0.29, 0.717) is 30.8 Å². The van der Waals surface area contributed by atoms with Crippen LogP contribution >= 0.6 is 0 Å². The molecule has 8 nitrogen and oxygen atoms in total. The summed E-state index contributed by atoms with van der Waals surface area (Å²) in [6.45, 7) is 4.99. The highest BCUT2D eigenvalue weighted by Gasteiger charge is 2.30. The lowest BCUT2D eigenvalue weighted by Gasteiger charge is -2.32. The van der Waals surface area contributed by atoms with Crippen molar-refractivity contribution in [3.05, 3.63) is 95.6 Å². The number of carbonyl (C=O) groups excluding carboxylic acids is 2. The van der Waals surface area contributed by atoms with Gasteiger partial charge in [0.2, 0.25) is 21.8 Å². The van der Waals surface area contributed by atoms with Gasteiger partial charge in [-0.1, -0.05) is 74.9 Å². The Labute approximate surface area is 257 Å². The number of nitrogens with one attached hydrogen (secondary N) is 1. The summed E-state index contributed by atoms with van der Waals surface area (Å²) in [5, 5.41) is 3.03. The summed E-state index contributed by atoms with van der Waals surface area (Å²) in [7, 11) is -1.98. The molecule has 3 aromatic carbocycles. The van der Waals surface area contributed by atoms with Crippen LogP contribution in [0.1, 0.15) is 56.2 Å². The maximum absolute atomic E-state index is 14.0. The molecule has 0 aliphatic carbocycles. The van der Waals surface area contributed by atoms with E-state index < -0.39 is 16.1 Å². The van der Waals surface area contributed by atoms with E-state index in [1.165, 1.54) is 10.6 Å². The summed E-state index contributed by atoms with van der Waals surface area (Å²) in [6, 6.07) is 23.8. The van der Waals surface area contributed by atoms with Crippen molar-refractivity contribution in [1.29, 1.82) is 0 Å². The molecule has 0 heterocycles. The zero-order chi connectivity index (χ0) is 31.2. The fourth-order valence-electron chi connectivity index (χ4n) is 4.93. The SMILES string of the molecule is CCCCNC(=O)C(Cc1ccccc1)N(Cc1cccc(OC)c1)C(=O)CCCN(c1ccc(CC)cc1)S(C)(=O)=O. The van der Waals surface area contributed by atoms with E-state index in [0.717, 1.165) is 36.0 Å². The summed E-state index contributed by atoms with van der Waals surface area (Å²) >= 11 is 0. The van der Waals surface area contributed by atoms with Crippen LogP contribution in [0.4, 0.5) is 5.69 Å². The monoisotopic (exact) mass is 607 g/mol. The molecular formula is C34H45N3O5S. The van der Waals surface area contributed by atoms with Gasteiger partial charge in [-0.15, -0.1) is 0 Å². The van der Waals surface area contributed by atoms with Gasteiger partial charge in [-0.05, 0) is 60.2 Å². The minimum atomic E-state index is -3.56. The van der Waals surface area contributed by atoms with E-state index in [1.54, 1.807) is 24.1 Å². The van der Waals surface area contributed by atoms with Gasteiger partial charge in [-0.3, -0.25) is 13.9 Å².